The van der Waals surface area contributed by atoms with Gasteiger partial charge in [-0.2, -0.15) is 0 Å². The number of benzene rings is 1. The van der Waals surface area contributed by atoms with Crippen LogP contribution in [0.4, 0.5) is 0 Å². The van der Waals surface area contributed by atoms with Crippen molar-refractivity contribution in [1.82, 2.24) is 30.5 Å². The fraction of sp³-hybridized carbons (Fsp3) is 0.500. The molecule has 7 nitrogen and oxygen atoms in total. The Bertz CT molecular complexity index is 715. The van der Waals surface area contributed by atoms with Crippen LogP contribution in [-0.2, 0) is 13.1 Å². The minimum Gasteiger partial charge on any atom is -0.347 e. The highest BCUT2D eigenvalue weighted by molar-refractivity contribution is 5.91. The molecule has 0 atom stereocenters. The summed E-state index contributed by atoms with van der Waals surface area (Å²) >= 11 is 0. The van der Waals surface area contributed by atoms with Crippen LogP contribution in [0.2, 0.25) is 0 Å². The second kappa shape index (κ2) is 11.2. The molecule has 1 saturated heterocycles. The minimum absolute atomic E-state index is 0. The number of amides is 1. The average molecular weight is 415 g/mol. The summed E-state index contributed by atoms with van der Waals surface area (Å²) in [6.07, 6.45) is 3.79. The van der Waals surface area contributed by atoms with E-state index in [1.54, 1.807) is 6.20 Å². The van der Waals surface area contributed by atoms with E-state index in [2.05, 4.69) is 38.0 Å². The Morgan fingerprint density at radius 3 is 2.67 bits per heavy atom. The monoisotopic (exact) mass is 414 g/mol. The zero-order valence-corrected chi connectivity index (χ0v) is 17.4. The maximum Gasteiger partial charge on any atom is 0.273 e. The molecule has 0 unspecified atom stereocenters. The second-order valence-electron chi connectivity index (χ2n) is 6.81. The molecule has 1 fully saturated rings. The molecule has 1 aromatic heterocycles. The number of hydrogen-bond acceptors (Lipinski definition) is 5. The maximum atomic E-state index is 12.3. The fourth-order valence-corrected chi connectivity index (χ4v) is 3.11. The highest BCUT2D eigenvalue weighted by atomic mass is 35.5. The van der Waals surface area contributed by atoms with E-state index >= 15 is 0 Å². The van der Waals surface area contributed by atoms with Gasteiger partial charge in [0.1, 0.15) is 0 Å². The summed E-state index contributed by atoms with van der Waals surface area (Å²) in [7, 11) is 4.08. The van der Waals surface area contributed by atoms with Crippen molar-refractivity contribution in [2.24, 2.45) is 0 Å². The molecular weight excluding hydrogens is 387 g/mol. The van der Waals surface area contributed by atoms with E-state index in [1.807, 2.05) is 30.9 Å². The minimum atomic E-state index is -0.182. The molecule has 9 heteroatoms. The fourth-order valence-electron chi connectivity index (χ4n) is 3.11. The van der Waals surface area contributed by atoms with E-state index in [0.717, 1.165) is 38.0 Å². The molecule has 1 amide bonds. The third-order valence-electron chi connectivity index (χ3n) is 4.37. The summed E-state index contributed by atoms with van der Waals surface area (Å²) in [5, 5.41) is 14.4. The van der Waals surface area contributed by atoms with E-state index in [1.165, 1.54) is 5.56 Å². The first-order valence-corrected chi connectivity index (χ1v) is 8.75. The van der Waals surface area contributed by atoms with Crippen molar-refractivity contribution in [3.05, 3.63) is 47.3 Å². The Morgan fingerprint density at radius 1 is 1.26 bits per heavy atom. The lowest BCUT2D eigenvalue weighted by Crippen LogP contribution is -2.29. The van der Waals surface area contributed by atoms with Gasteiger partial charge in [0.25, 0.3) is 5.91 Å². The van der Waals surface area contributed by atoms with Crippen molar-refractivity contribution in [2.45, 2.75) is 32.0 Å². The van der Waals surface area contributed by atoms with Gasteiger partial charge in [0.05, 0.1) is 12.2 Å². The lowest BCUT2D eigenvalue weighted by molar-refractivity contribution is 0.0945. The van der Waals surface area contributed by atoms with Crippen LogP contribution < -0.4 is 10.6 Å². The Morgan fingerprint density at radius 2 is 1.96 bits per heavy atom. The van der Waals surface area contributed by atoms with Gasteiger partial charge in [-0.25, -0.2) is 4.68 Å². The van der Waals surface area contributed by atoms with Crippen LogP contribution in [0.5, 0.6) is 0 Å². The number of carbonyl (C=O) groups is 1. The molecule has 3 rings (SSSR count). The zero-order chi connectivity index (χ0) is 17.6. The van der Waals surface area contributed by atoms with Crippen LogP contribution in [0.1, 0.15) is 40.5 Å². The summed E-state index contributed by atoms with van der Waals surface area (Å²) in [6.45, 7) is 3.33. The highest BCUT2D eigenvalue weighted by Gasteiger charge is 2.18. The van der Waals surface area contributed by atoms with Gasteiger partial charge in [-0.3, -0.25) is 4.79 Å². The molecule has 2 aromatic rings. The predicted octanol–water partition coefficient (Wildman–Crippen LogP) is 2.04. The van der Waals surface area contributed by atoms with Gasteiger partial charge >= 0.3 is 0 Å². The summed E-state index contributed by atoms with van der Waals surface area (Å²) in [4.78, 5) is 14.5. The first-order chi connectivity index (χ1) is 12.1. The summed E-state index contributed by atoms with van der Waals surface area (Å²) in [6, 6.07) is 8.58. The average Bonchev–Trinajstić information content (AvgIpc) is 3.10. The normalized spacial score (nSPS) is 14.3. The van der Waals surface area contributed by atoms with Crippen LogP contribution >= 0.6 is 24.8 Å². The summed E-state index contributed by atoms with van der Waals surface area (Å²) in [5.41, 5.74) is 2.69. The lowest BCUT2D eigenvalue weighted by atomic mass is 10.1. The van der Waals surface area contributed by atoms with Crippen LogP contribution in [-0.4, -0.2) is 53.0 Å². The molecule has 0 spiro atoms. The van der Waals surface area contributed by atoms with Crippen molar-refractivity contribution in [3.63, 3.8) is 0 Å². The Labute approximate surface area is 172 Å². The van der Waals surface area contributed by atoms with Crippen molar-refractivity contribution < 1.29 is 4.79 Å². The predicted molar refractivity (Wildman–Crippen MR) is 111 cm³/mol. The van der Waals surface area contributed by atoms with Crippen LogP contribution in [0.15, 0.2) is 30.5 Å². The first kappa shape index (κ1) is 23.4. The Balaban J connectivity index is 0.00000182. The topological polar surface area (TPSA) is 75.1 Å². The zero-order valence-electron chi connectivity index (χ0n) is 15.7. The SMILES string of the molecule is CN(C)Cc1cccc(CNC(=O)c2cn(C3CCNCC3)nn2)c1.Cl.Cl. The smallest absolute Gasteiger partial charge is 0.273 e. The number of rotatable bonds is 6. The third-order valence-corrected chi connectivity index (χ3v) is 4.37. The van der Waals surface area contributed by atoms with Crippen LogP contribution in [0.3, 0.4) is 0 Å². The maximum absolute atomic E-state index is 12.3. The molecule has 0 saturated carbocycles. The number of carbonyl (C=O) groups excluding carboxylic acids is 1. The van der Waals surface area contributed by atoms with Crippen molar-refractivity contribution >= 4 is 30.7 Å². The summed E-state index contributed by atoms with van der Waals surface area (Å²) < 4.78 is 1.83. The highest BCUT2D eigenvalue weighted by Crippen LogP contribution is 2.17. The molecule has 27 heavy (non-hydrogen) atoms. The van der Waals surface area contributed by atoms with Gasteiger partial charge in [0.15, 0.2) is 5.69 Å². The van der Waals surface area contributed by atoms with Crippen LogP contribution in [0.25, 0.3) is 0 Å². The number of aromatic nitrogens is 3. The van der Waals surface area contributed by atoms with E-state index in [4.69, 9.17) is 0 Å². The van der Waals surface area contributed by atoms with Gasteiger partial charge in [-0.15, -0.1) is 29.9 Å². The number of nitrogens with zero attached hydrogens (tertiary/aromatic N) is 4. The Kier molecular flexibility index (Phi) is 9.73. The molecule has 1 aliphatic heterocycles. The van der Waals surface area contributed by atoms with Gasteiger partial charge in [0, 0.05) is 13.1 Å². The molecule has 1 aliphatic rings. The van der Waals surface area contributed by atoms with E-state index in [0.29, 0.717) is 18.3 Å². The quantitative estimate of drug-likeness (QED) is 0.756. The molecule has 0 bridgehead atoms. The summed E-state index contributed by atoms with van der Waals surface area (Å²) in [5.74, 6) is -0.182. The van der Waals surface area contributed by atoms with Gasteiger partial charge in [-0.1, -0.05) is 29.5 Å². The molecule has 0 radical (unpaired) electrons. The van der Waals surface area contributed by atoms with Gasteiger partial charge in [0.2, 0.25) is 0 Å². The molecular formula is C18H28Cl2N6O. The number of piperidine rings is 1. The largest absolute Gasteiger partial charge is 0.347 e. The molecule has 1 aromatic carbocycles. The van der Waals surface area contributed by atoms with Crippen molar-refractivity contribution in [1.29, 1.82) is 0 Å². The van der Waals surface area contributed by atoms with E-state index in [-0.39, 0.29) is 30.7 Å². The molecule has 0 aliphatic carbocycles. The second-order valence-corrected chi connectivity index (χ2v) is 6.81. The Hall–Kier alpha value is -1.67. The standard InChI is InChI=1S/C18H26N6O.2ClH/c1-23(2)12-15-5-3-4-14(10-15)11-20-18(25)17-13-24(22-21-17)16-6-8-19-9-7-16;;/h3-5,10,13,16,19H,6-9,11-12H2,1-2H3,(H,20,25);2*1H. The molecule has 150 valence electrons. The molecule has 2 N–H and O–H groups in total. The molecule has 2 heterocycles. The van der Waals surface area contributed by atoms with Gasteiger partial charge < -0.3 is 15.5 Å². The van der Waals surface area contributed by atoms with Crippen LogP contribution in [0, 0.1) is 0 Å². The number of halogens is 2. The third kappa shape index (κ3) is 6.77. The van der Waals surface area contributed by atoms with E-state index in [9.17, 15) is 4.79 Å². The van der Waals surface area contributed by atoms with Gasteiger partial charge in [-0.05, 0) is 51.2 Å². The van der Waals surface area contributed by atoms with Crippen molar-refractivity contribution in [2.75, 3.05) is 27.2 Å². The lowest BCUT2D eigenvalue weighted by Gasteiger charge is -2.22. The number of hydrogen-bond donors (Lipinski definition) is 2. The van der Waals surface area contributed by atoms with Crippen molar-refractivity contribution in [3.8, 4) is 0 Å². The van der Waals surface area contributed by atoms with E-state index < -0.39 is 0 Å². The number of nitrogens with one attached hydrogen (secondary N) is 2. The first-order valence-electron chi connectivity index (χ1n) is 8.75.